The number of methoxy groups -OCH3 is 1. The lowest BCUT2D eigenvalue weighted by molar-refractivity contribution is -0.123. The third-order valence-corrected chi connectivity index (χ3v) is 5.27. The molecule has 6 heteroatoms. The van der Waals surface area contributed by atoms with Crippen LogP contribution >= 0.6 is 0 Å². The molecule has 2 aromatic rings. The lowest BCUT2D eigenvalue weighted by Crippen LogP contribution is -2.41. The fourth-order valence-corrected chi connectivity index (χ4v) is 3.57. The Kier molecular flexibility index (Phi) is 7.64. The fourth-order valence-electron chi connectivity index (χ4n) is 3.57. The normalized spacial score (nSPS) is 17.2. The van der Waals surface area contributed by atoms with Gasteiger partial charge in [0.2, 0.25) is 5.91 Å². The van der Waals surface area contributed by atoms with Crippen LogP contribution in [0.1, 0.15) is 41.2 Å². The van der Waals surface area contributed by atoms with Gasteiger partial charge in [0.05, 0.1) is 7.11 Å². The van der Waals surface area contributed by atoms with E-state index >= 15 is 0 Å². The number of piperidine rings is 1. The van der Waals surface area contributed by atoms with Crippen molar-refractivity contribution in [1.82, 2.24) is 16.0 Å². The number of carbonyl (C=O) groups is 2. The molecule has 2 atom stereocenters. The highest BCUT2D eigenvalue weighted by Gasteiger charge is 2.23. The molecule has 0 aliphatic carbocycles. The van der Waals surface area contributed by atoms with Crippen molar-refractivity contribution in [3.8, 4) is 5.75 Å². The molecule has 1 saturated heterocycles. The van der Waals surface area contributed by atoms with E-state index in [1.807, 2.05) is 30.3 Å². The maximum Gasteiger partial charge on any atom is 0.252 e. The van der Waals surface area contributed by atoms with Gasteiger partial charge in [0.1, 0.15) is 11.8 Å². The molecule has 3 rings (SSSR count). The SMILES string of the molecule is COc1ccc(C(=O)NC(C(=O)NCCC2CCCNC2)c2ccccc2)cc1. The molecule has 3 N–H and O–H groups in total. The third-order valence-electron chi connectivity index (χ3n) is 5.27. The molecule has 2 aromatic carbocycles. The molecule has 1 aliphatic rings. The van der Waals surface area contributed by atoms with Crippen molar-refractivity contribution >= 4 is 11.8 Å². The Morgan fingerprint density at radius 1 is 1.14 bits per heavy atom. The summed E-state index contributed by atoms with van der Waals surface area (Å²) in [5.41, 5.74) is 1.24. The van der Waals surface area contributed by atoms with Gasteiger partial charge < -0.3 is 20.7 Å². The van der Waals surface area contributed by atoms with Crippen LogP contribution in [0.15, 0.2) is 54.6 Å². The first kappa shape index (κ1) is 20.9. The van der Waals surface area contributed by atoms with Crippen LogP contribution in [0.4, 0.5) is 0 Å². The van der Waals surface area contributed by atoms with Gasteiger partial charge in [-0.25, -0.2) is 0 Å². The van der Waals surface area contributed by atoms with Crippen LogP contribution in [0.2, 0.25) is 0 Å². The average Bonchev–Trinajstić information content (AvgIpc) is 2.78. The van der Waals surface area contributed by atoms with E-state index in [2.05, 4.69) is 16.0 Å². The Bertz CT molecular complexity index is 787. The number of hydrogen-bond donors (Lipinski definition) is 3. The number of hydrogen-bond acceptors (Lipinski definition) is 4. The molecule has 0 bridgehead atoms. The molecule has 1 fully saturated rings. The number of ether oxygens (including phenoxy) is 1. The van der Waals surface area contributed by atoms with E-state index in [1.54, 1.807) is 31.4 Å². The van der Waals surface area contributed by atoms with Crippen molar-refractivity contribution in [1.29, 1.82) is 0 Å². The molecule has 0 aromatic heterocycles. The fraction of sp³-hybridized carbons (Fsp3) is 0.391. The topological polar surface area (TPSA) is 79.5 Å². The second-order valence-electron chi connectivity index (χ2n) is 7.34. The molecule has 0 spiro atoms. The van der Waals surface area contributed by atoms with Crippen molar-refractivity contribution in [2.75, 3.05) is 26.7 Å². The zero-order chi connectivity index (χ0) is 20.5. The van der Waals surface area contributed by atoms with E-state index in [-0.39, 0.29) is 11.8 Å². The van der Waals surface area contributed by atoms with E-state index in [0.717, 1.165) is 25.1 Å². The van der Waals surface area contributed by atoms with Crippen LogP contribution in [0.5, 0.6) is 5.75 Å². The summed E-state index contributed by atoms with van der Waals surface area (Å²) in [6.45, 7) is 2.69. The summed E-state index contributed by atoms with van der Waals surface area (Å²) < 4.78 is 5.13. The zero-order valence-corrected chi connectivity index (χ0v) is 16.8. The average molecular weight is 396 g/mol. The van der Waals surface area contributed by atoms with Gasteiger partial charge in [-0.3, -0.25) is 9.59 Å². The van der Waals surface area contributed by atoms with Crippen LogP contribution in [0, 0.1) is 5.92 Å². The van der Waals surface area contributed by atoms with Crippen molar-refractivity contribution in [2.24, 2.45) is 5.92 Å². The quantitative estimate of drug-likeness (QED) is 0.642. The molecule has 0 saturated carbocycles. The van der Waals surface area contributed by atoms with Crippen molar-refractivity contribution in [3.05, 3.63) is 65.7 Å². The monoisotopic (exact) mass is 395 g/mol. The van der Waals surface area contributed by atoms with Crippen LogP contribution in [-0.4, -0.2) is 38.6 Å². The molecule has 2 unspecified atom stereocenters. The van der Waals surface area contributed by atoms with Crippen LogP contribution in [0.25, 0.3) is 0 Å². The second kappa shape index (κ2) is 10.6. The summed E-state index contributed by atoms with van der Waals surface area (Å²) in [7, 11) is 1.58. The first-order chi connectivity index (χ1) is 14.2. The minimum absolute atomic E-state index is 0.193. The highest BCUT2D eigenvalue weighted by Crippen LogP contribution is 2.17. The summed E-state index contributed by atoms with van der Waals surface area (Å²) >= 11 is 0. The Morgan fingerprint density at radius 2 is 1.90 bits per heavy atom. The van der Waals surface area contributed by atoms with Crippen molar-refractivity contribution in [2.45, 2.75) is 25.3 Å². The molecule has 1 aliphatic heterocycles. The lowest BCUT2D eigenvalue weighted by Gasteiger charge is -2.23. The molecule has 29 heavy (non-hydrogen) atoms. The number of carbonyl (C=O) groups excluding carboxylic acids is 2. The lowest BCUT2D eigenvalue weighted by atomic mass is 9.96. The van der Waals surface area contributed by atoms with Gasteiger partial charge >= 0.3 is 0 Å². The van der Waals surface area contributed by atoms with Gasteiger partial charge in [0, 0.05) is 12.1 Å². The zero-order valence-electron chi connectivity index (χ0n) is 16.8. The number of benzene rings is 2. The van der Waals surface area contributed by atoms with E-state index in [0.29, 0.717) is 23.8 Å². The van der Waals surface area contributed by atoms with Crippen molar-refractivity contribution < 1.29 is 14.3 Å². The van der Waals surface area contributed by atoms with Gasteiger partial charge in [-0.15, -0.1) is 0 Å². The van der Waals surface area contributed by atoms with E-state index < -0.39 is 6.04 Å². The molecular weight excluding hydrogens is 366 g/mol. The van der Waals surface area contributed by atoms with Crippen LogP contribution < -0.4 is 20.7 Å². The summed E-state index contributed by atoms with van der Waals surface area (Å²) in [4.78, 5) is 25.6. The van der Waals surface area contributed by atoms with E-state index in [1.165, 1.54) is 12.8 Å². The maximum atomic E-state index is 12.9. The molecule has 154 valence electrons. The predicted molar refractivity (Wildman–Crippen MR) is 113 cm³/mol. The van der Waals surface area contributed by atoms with Gasteiger partial charge in [0.25, 0.3) is 5.91 Å². The van der Waals surface area contributed by atoms with Crippen molar-refractivity contribution in [3.63, 3.8) is 0 Å². The van der Waals surface area contributed by atoms with Gasteiger partial charge in [-0.2, -0.15) is 0 Å². The van der Waals surface area contributed by atoms with Crippen LogP contribution in [-0.2, 0) is 4.79 Å². The molecule has 0 radical (unpaired) electrons. The van der Waals surface area contributed by atoms with E-state index in [4.69, 9.17) is 4.74 Å². The first-order valence-electron chi connectivity index (χ1n) is 10.2. The second-order valence-corrected chi connectivity index (χ2v) is 7.34. The minimum Gasteiger partial charge on any atom is -0.497 e. The number of amides is 2. The largest absolute Gasteiger partial charge is 0.497 e. The maximum absolute atomic E-state index is 12.9. The molecule has 6 nitrogen and oxygen atoms in total. The molecule has 2 amide bonds. The Morgan fingerprint density at radius 3 is 2.55 bits per heavy atom. The third kappa shape index (κ3) is 6.06. The van der Waals surface area contributed by atoms with E-state index in [9.17, 15) is 9.59 Å². The van der Waals surface area contributed by atoms with Crippen LogP contribution in [0.3, 0.4) is 0 Å². The highest BCUT2D eigenvalue weighted by atomic mass is 16.5. The smallest absolute Gasteiger partial charge is 0.252 e. The van der Waals surface area contributed by atoms with Gasteiger partial charge in [0.15, 0.2) is 0 Å². The number of nitrogens with one attached hydrogen (secondary N) is 3. The Balaban J connectivity index is 1.63. The summed E-state index contributed by atoms with van der Waals surface area (Å²) in [5.74, 6) is 0.777. The summed E-state index contributed by atoms with van der Waals surface area (Å²) in [5, 5.41) is 9.27. The minimum atomic E-state index is -0.740. The molecule has 1 heterocycles. The predicted octanol–water partition coefficient (Wildman–Crippen LogP) is 2.67. The molecular formula is C23H29N3O3. The van der Waals surface area contributed by atoms with Gasteiger partial charge in [-0.05, 0) is 68.1 Å². The standard InChI is InChI=1S/C23H29N3O3/c1-29-20-11-9-19(10-12-20)22(27)26-21(18-7-3-2-4-8-18)23(28)25-15-13-17-6-5-14-24-16-17/h2-4,7-12,17,21,24H,5-6,13-16H2,1H3,(H,25,28)(H,26,27). The van der Waals surface area contributed by atoms with Gasteiger partial charge in [-0.1, -0.05) is 30.3 Å². The number of rotatable bonds is 8. The first-order valence-corrected chi connectivity index (χ1v) is 10.2. The Labute approximate surface area is 172 Å². The Hall–Kier alpha value is -2.86. The summed E-state index contributed by atoms with van der Waals surface area (Å²) in [6.07, 6.45) is 3.31. The highest BCUT2D eigenvalue weighted by molar-refractivity contribution is 5.98. The summed E-state index contributed by atoms with van der Waals surface area (Å²) in [6, 6.07) is 15.4.